The molecule has 0 atom stereocenters. The minimum absolute atomic E-state index is 0.0312. The molecule has 0 saturated carbocycles. The molecule has 11 heavy (non-hydrogen) atoms. The smallest absolute Gasteiger partial charge is 0.250 e. The Bertz CT molecular complexity index is 96.6. The highest BCUT2D eigenvalue weighted by molar-refractivity contribution is 4.75. The summed E-state index contributed by atoms with van der Waals surface area (Å²) in [7, 11) is 3.37. The molecule has 1 heterocycles. The Kier molecular flexibility index (Phi) is 4.52. The summed E-state index contributed by atoms with van der Waals surface area (Å²) in [6.45, 7) is 1.07. The second-order valence-corrected chi connectivity index (χ2v) is 2.66. The average molecular weight is 166 g/mol. The number of likely N-dealkylation sites (tertiary alicyclic amines) is 1. The lowest BCUT2D eigenvalue weighted by molar-refractivity contribution is -0.0504. The van der Waals surface area contributed by atoms with E-state index in [2.05, 4.69) is 5.73 Å². The van der Waals surface area contributed by atoms with Crippen molar-refractivity contribution in [2.24, 2.45) is 5.73 Å². The monoisotopic (exact) mass is 166 g/mol. The highest BCUT2D eigenvalue weighted by Gasteiger charge is 2.32. The fourth-order valence-corrected chi connectivity index (χ4v) is 0.946. The van der Waals surface area contributed by atoms with E-state index >= 15 is 0 Å². The van der Waals surface area contributed by atoms with E-state index in [1.165, 1.54) is 7.05 Å². The number of rotatable bonds is 0. The third-order valence-electron chi connectivity index (χ3n) is 1.72. The van der Waals surface area contributed by atoms with Crippen LogP contribution in [0.4, 0.5) is 8.78 Å². The van der Waals surface area contributed by atoms with Crippen LogP contribution in [0.3, 0.4) is 0 Å². The fraction of sp³-hybridized carbons (Fsp3) is 1.00. The minimum Gasteiger partial charge on any atom is -0.333 e. The van der Waals surface area contributed by atoms with Crippen LogP contribution in [0.25, 0.3) is 0 Å². The van der Waals surface area contributed by atoms with Crippen LogP contribution in [-0.4, -0.2) is 38.0 Å². The fourth-order valence-electron chi connectivity index (χ4n) is 0.946. The predicted molar refractivity (Wildman–Crippen MR) is 41.8 cm³/mol. The summed E-state index contributed by atoms with van der Waals surface area (Å²) in [6, 6.07) is 0. The molecule has 68 valence electrons. The Morgan fingerprint density at radius 2 is 1.55 bits per heavy atom. The zero-order valence-corrected chi connectivity index (χ0v) is 7.11. The quantitative estimate of drug-likeness (QED) is 0.580. The molecule has 1 aliphatic rings. The summed E-state index contributed by atoms with van der Waals surface area (Å²) in [6.07, 6.45) is 0.0625. The third kappa shape index (κ3) is 4.27. The van der Waals surface area contributed by atoms with Gasteiger partial charge < -0.3 is 10.6 Å². The van der Waals surface area contributed by atoms with Crippen molar-refractivity contribution in [2.75, 3.05) is 27.2 Å². The van der Waals surface area contributed by atoms with Crippen molar-refractivity contribution in [2.45, 2.75) is 18.8 Å². The van der Waals surface area contributed by atoms with Crippen molar-refractivity contribution in [1.29, 1.82) is 0 Å². The van der Waals surface area contributed by atoms with Crippen molar-refractivity contribution in [3.63, 3.8) is 0 Å². The molecule has 0 amide bonds. The van der Waals surface area contributed by atoms with E-state index in [4.69, 9.17) is 0 Å². The lowest BCUT2D eigenvalue weighted by Gasteiger charge is -2.28. The lowest BCUT2D eigenvalue weighted by Crippen LogP contribution is -2.36. The van der Waals surface area contributed by atoms with Gasteiger partial charge in [-0.3, -0.25) is 0 Å². The van der Waals surface area contributed by atoms with Crippen LogP contribution < -0.4 is 5.73 Å². The highest BCUT2D eigenvalue weighted by atomic mass is 19.3. The normalized spacial score (nSPS) is 23.7. The summed E-state index contributed by atoms with van der Waals surface area (Å²) >= 11 is 0. The van der Waals surface area contributed by atoms with Crippen molar-refractivity contribution in [3.05, 3.63) is 0 Å². The molecule has 2 N–H and O–H groups in total. The maximum atomic E-state index is 12.4. The zero-order valence-electron chi connectivity index (χ0n) is 7.11. The number of halogens is 2. The van der Waals surface area contributed by atoms with Gasteiger partial charge in [0.1, 0.15) is 0 Å². The van der Waals surface area contributed by atoms with E-state index in [1.807, 2.05) is 11.9 Å². The van der Waals surface area contributed by atoms with Gasteiger partial charge in [0.2, 0.25) is 0 Å². The van der Waals surface area contributed by atoms with Gasteiger partial charge in [-0.05, 0) is 14.1 Å². The van der Waals surface area contributed by atoms with Gasteiger partial charge in [0.15, 0.2) is 0 Å². The maximum Gasteiger partial charge on any atom is 0.250 e. The van der Waals surface area contributed by atoms with Crippen molar-refractivity contribution in [3.8, 4) is 0 Å². The Morgan fingerprint density at radius 1 is 1.18 bits per heavy atom. The van der Waals surface area contributed by atoms with Gasteiger partial charge in [-0.25, -0.2) is 8.78 Å². The molecule has 1 rings (SSSR count). The first-order valence-electron chi connectivity index (χ1n) is 3.74. The Balaban J connectivity index is 0.000000461. The van der Waals surface area contributed by atoms with Gasteiger partial charge in [-0.2, -0.15) is 0 Å². The maximum absolute atomic E-state index is 12.4. The molecule has 0 aromatic carbocycles. The molecule has 0 bridgehead atoms. The summed E-state index contributed by atoms with van der Waals surface area (Å²) in [5, 5.41) is 0. The molecule has 0 aliphatic carbocycles. The van der Waals surface area contributed by atoms with Gasteiger partial charge in [0.05, 0.1) is 0 Å². The van der Waals surface area contributed by atoms with Crippen LogP contribution in [0.5, 0.6) is 0 Å². The van der Waals surface area contributed by atoms with E-state index in [0.717, 1.165) is 0 Å². The Hall–Kier alpha value is -0.220. The molecular formula is C7H16F2N2. The standard InChI is InChI=1S/C6H11F2N.CH5N/c1-9-4-2-6(7,8)3-5-9;1-2/h2-5H2,1H3;2H2,1H3. The second kappa shape index (κ2) is 4.62. The van der Waals surface area contributed by atoms with Crippen molar-refractivity contribution < 1.29 is 8.78 Å². The van der Waals surface area contributed by atoms with E-state index < -0.39 is 5.92 Å². The second-order valence-electron chi connectivity index (χ2n) is 2.66. The van der Waals surface area contributed by atoms with E-state index in [0.29, 0.717) is 13.1 Å². The average Bonchev–Trinajstić information content (AvgIpc) is 2.00. The van der Waals surface area contributed by atoms with Gasteiger partial charge >= 0.3 is 0 Å². The molecule has 1 fully saturated rings. The van der Waals surface area contributed by atoms with Gasteiger partial charge in [-0.1, -0.05) is 0 Å². The third-order valence-corrected chi connectivity index (χ3v) is 1.72. The number of alkyl halides is 2. The van der Waals surface area contributed by atoms with Crippen LogP contribution in [0.15, 0.2) is 0 Å². The number of hydrogen-bond donors (Lipinski definition) is 1. The number of nitrogens with zero attached hydrogens (tertiary/aromatic N) is 1. The Morgan fingerprint density at radius 3 is 1.82 bits per heavy atom. The molecule has 1 aliphatic heterocycles. The molecular weight excluding hydrogens is 150 g/mol. The number of piperidine rings is 1. The SMILES string of the molecule is CN.CN1CCC(F)(F)CC1. The first-order valence-corrected chi connectivity index (χ1v) is 3.74. The van der Waals surface area contributed by atoms with Gasteiger partial charge in [-0.15, -0.1) is 0 Å². The summed E-state index contributed by atoms with van der Waals surface area (Å²) in [5.41, 5.74) is 4.50. The van der Waals surface area contributed by atoms with Gasteiger partial charge in [0, 0.05) is 25.9 Å². The molecule has 0 spiro atoms. The van der Waals surface area contributed by atoms with Crippen molar-refractivity contribution >= 4 is 0 Å². The number of nitrogens with two attached hydrogens (primary N) is 1. The minimum atomic E-state index is -2.38. The predicted octanol–water partition coefficient (Wildman–Crippen LogP) is 0.922. The molecule has 0 aromatic heterocycles. The topological polar surface area (TPSA) is 29.3 Å². The van der Waals surface area contributed by atoms with Crippen LogP contribution >= 0.6 is 0 Å². The molecule has 1 saturated heterocycles. The summed E-state index contributed by atoms with van der Waals surface area (Å²) in [4.78, 5) is 1.93. The first-order chi connectivity index (χ1) is 5.10. The molecule has 0 aromatic rings. The summed E-state index contributed by atoms with van der Waals surface area (Å²) in [5.74, 6) is -2.38. The summed E-state index contributed by atoms with van der Waals surface area (Å²) < 4.78 is 24.7. The van der Waals surface area contributed by atoms with E-state index in [-0.39, 0.29) is 12.8 Å². The largest absolute Gasteiger partial charge is 0.333 e. The lowest BCUT2D eigenvalue weighted by atomic mass is 10.1. The van der Waals surface area contributed by atoms with E-state index in [1.54, 1.807) is 0 Å². The Labute approximate surface area is 66.4 Å². The van der Waals surface area contributed by atoms with Crippen LogP contribution in [0, 0.1) is 0 Å². The van der Waals surface area contributed by atoms with Crippen LogP contribution in [-0.2, 0) is 0 Å². The van der Waals surface area contributed by atoms with E-state index in [9.17, 15) is 8.78 Å². The highest BCUT2D eigenvalue weighted by Crippen LogP contribution is 2.26. The molecule has 0 unspecified atom stereocenters. The van der Waals surface area contributed by atoms with Crippen LogP contribution in [0.1, 0.15) is 12.8 Å². The van der Waals surface area contributed by atoms with Crippen LogP contribution in [0.2, 0.25) is 0 Å². The molecule has 2 nitrogen and oxygen atoms in total. The molecule has 0 radical (unpaired) electrons. The number of hydrogen-bond acceptors (Lipinski definition) is 2. The van der Waals surface area contributed by atoms with Crippen molar-refractivity contribution in [1.82, 2.24) is 4.90 Å². The first kappa shape index (κ1) is 10.8. The zero-order chi connectivity index (χ0) is 8.91. The molecule has 4 heteroatoms. The van der Waals surface area contributed by atoms with Gasteiger partial charge in [0.25, 0.3) is 5.92 Å².